The van der Waals surface area contributed by atoms with E-state index in [1.807, 2.05) is 42.5 Å². The number of carbonyl (C=O) groups excluding carboxylic acids is 1. The van der Waals surface area contributed by atoms with Gasteiger partial charge in [0.05, 0.1) is 27.7 Å². The molecule has 5 heterocycles. The van der Waals surface area contributed by atoms with Crippen LogP contribution in [0, 0.1) is 10.1 Å². The number of H-pyrrole nitrogens is 2. The maximum absolute atomic E-state index is 12.1. The Morgan fingerprint density at radius 2 is 1.05 bits per heavy atom. The van der Waals surface area contributed by atoms with Gasteiger partial charge in [0.1, 0.15) is 5.56 Å². The van der Waals surface area contributed by atoms with Crippen molar-refractivity contribution in [3.63, 3.8) is 0 Å². The number of nitrogens with one attached hydrogen (secondary N) is 2. The number of aromatic nitrogens is 4. The van der Waals surface area contributed by atoms with Gasteiger partial charge < -0.3 is 9.97 Å². The molecule has 0 unspecified atom stereocenters. The average molecular weight is 538 g/mol. The second-order valence-electron chi connectivity index (χ2n) is 9.37. The molecule has 41 heavy (non-hydrogen) atoms. The van der Waals surface area contributed by atoms with Crippen molar-refractivity contribution in [2.75, 3.05) is 0 Å². The van der Waals surface area contributed by atoms with Crippen molar-refractivity contribution < 1.29 is 9.72 Å². The molecule has 8 nitrogen and oxygen atoms in total. The van der Waals surface area contributed by atoms with E-state index >= 15 is 0 Å². The number of para-hydroxylation sites is 1. The first-order valence-electron chi connectivity index (χ1n) is 12.9. The quantitative estimate of drug-likeness (QED) is 0.138. The Morgan fingerprint density at radius 3 is 1.59 bits per heavy atom. The van der Waals surface area contributed by atoms with E-state index in [4.69, 9.17) is 0 Å². The number of hydrogen-bond acceptors (Lipinski definition) is 5. The van der Waals surface area contributed by atoms with Gasteiger partial charge in [-0.1, -0.05) is 42.5 Å². The number of nitrogens with zero attached hydrogens (tertiary/aromatic N) is 3. The summed E-state index contributed by atoms with van der Waals surface area (Å²) in [7, 11) is 0. The Hall–Kier alpha value is -5.89. The first-order valence-corrected chi connectivity index (χ1v) is 12.9. The maximum atomic E-state index is 12.1. The predicted molar refractivity (Wildman–Crippen MR) is 162 cm³/mol. The number of aromatic amines is 2. The summed E-state index contributed by atoms with van der Waals surface area (Å²) >= 11 is 0. The second-order valence-corrected chi connectivity index (χ2v) is 9.37. The SMILES string of the molecule is C1=Cc2cc3ccc(cc4ccc(cc5nc(cc1n2)C=C5)[nH]4)[nH]3.O=C(c1ccccc1)c1ccccc1[N+](=O)[O-]. The molecule has 2 aromatic carbocycles. The van der Waals surface area contributed by atoms with Gasteiger partial charge in [-0.05, 0) is 78.9 Å². The van der Waals surface area contributed by atoms with Crippen LogP contribution in [0.3, 0.4) is 0 Å². The van der Waals surface area contributed by atoms with E-state index in [1.165, 1.54) is 12.1 Å². The third-order valence-electron chi connectivity index (χ3n) is 6.42. The summed E-state index contributed by atoms with van der Waals surface area (Å²) in [4.78, 5) is 38.4. The zero-order valence-electron chi connectivity index (χ0n) is 21.7. The molecule has 0 aliphatic carbocycles. The minimum atomic E-state index is -0.545. The van der Waals surface area contributed by atoms with Crippen LogP contribution in [0.25, 0.3) is 46.4 Å². The first-order chi connectivity index (χ1) is 20.0. The third-order valence-corrected chi connectivity index (χ3v) is 6.42. The first kappa shape index (κ1) is 25.4. The molecular weight excluding hydrogens is 514 g/mol. The number of nitro benzene ring substituents is 1. The van der Waals surface area contributed by atoms with Crippen molar-refractivity contribution in [1.29, 1.82) is 0 Å². The van der Waals surface area contributed by atoms with Gasteiger partial charge in [-0.3, -0.25) is 14.9 Å². The molecule has 0 fully saturated rings. The minimum absolute atomic E-state index is 0.115. The lowest BCUT2D eigenvalue weighted by molar-refractivity contribution is -0.385. The van der Waals surface area contributed by atoms with Gasteiger partial charge in [-0.25, -0.2) is 9.97 Å². The monoisotopic (exact) mass is 537 g/mol. The molecular formula is C33H23N5O3. The van der Waals surface area contributed by atoms with E-state index < -0.39 is 4.92 Å². The molecule has 198 valence electrons. The fraction of sp³-hybridized carbons (Fsp3) is 0. The molecule has 5 aromatic rings. The molecule has 2 aliphatic rings. The molecule has 0 spiro atoms. The van der Waals surface area contributed by atoms with Crippen LogP contribution in [0.4, 0.5) is 5.69 Å². The fourth-order valence-corrected chi connectivity index (χ4v) is 4.51. The van der Waals surface area contributed by atoms with E-state index in [0.717, 1.165) is 44.8 Å². The smallest absolute Gasteiger partial charge is 0.280 e. The summed E-state index contributed by atoms with van der Waals surface area (Å²) in [5, 5.41) is 10.8. The lowest BCUT2D eigenvalue weighted by Crippen LogP contribution is -2.04. The number of ketones is 1. The Balaban J connectivity index is 0.000000158. The highest BCUT2D eigenvalue weighted by molar-refractivity contribution is 6.11. The zero-order chi connectivity index (χ0) is 28.2. The summed E-state index contributed by atoms with van der Waals surface area (Å²) in [5.74, 6) is -0.335. The minimum Gasteiger partial charge on any atom is -0.355 e. The lowest BCUT2D eigenvalue weighted by Gasteiger charge is -2.01. The number of nitro groups is 1. The molecule has 7 rings (SSSR count). The standard InChI is InChI=1S/C20H14N4.C13H9NO3/c1-2-14-10-16-5-6-18(23-16)12-20-8-7-19(24-20)11-17-4-3-15(22-17)9-13(1)21-14;15-13(10-6-2-1-3-7-10)11-8-4-5-9-12(11)14(16)17/h1-12,21-22H;1-9H. The van der Waals surface area contributed by atoms with Gasteiger partial charge in [0.15, 0.2) is 5.78 Å². The van der Waals surface area contributed by atoms with Crippen LogP contribution in [-0.2, 0) is 0 Å². The fourth-order valence-electron chi connectivity index (χ4n) is 4.51. The van der Waals surface area contributed by atoms with Crippen LogP contribution in [-0.4, -0.2) is 30.6 Å². The van der Waals surface area contributed by atoms with Gasteiger partial charge in [0, 0.05) is 33.7 Å². The number of rotatable bonds is 3. The normalized spacial score (nSPS) is 11.5. The van der Waals surface area contributed by atoms with Crippen LogP contribution in [0.2, 0.25) is 0 Å². The van der Waals surface area contributed by atoms with Crippen LogP contribution in [0.15, 0.2) is 103 Å². The van der Waals surface area contributed by atoms with E-state index in [9.17, 15) is 14.9 Å². The molecule has 8 heteroatoms. The van der Waals surface area contributed by atoms with Gasteiger partial charge in [0.25, 0.3) is 5.69 Å². The van der Waals surface area contributed by atoms with Crippen molar-refractivity contribution >= 4 is 57.8 Å². The Kier molecular flexibility index (Phi) is 6.86. The number of carbonyl (C=O) groups is 1. The van der Waals surface area contributed by atoms with Gasteiger partial charge in [-0.15, -0.1) is 0 Å². The van der Waals surface area contributed by atoms with Crippen LogP contribution >= 0.6 is 0 Å². The number of hydrogen-bond donors (Lipinski definition) is 2. The molecule has 0 amide bonds. The molecule has 2 N–H and O–H groups in total. The third kappa shape index (κ3) is 5.91. The Labute approximate surface area is 234 Å². The summed E-state index contributed by atoms with van der Waals surface area (Å²) in [6.07, 6.45) is 8.05. The van der Waals surface area contributed by atoms with Crippen LogP contribution in [0.1, 0.15) is 38.7 Å². The van der Waals surface area contributed by atoms with Crippen molar-refractivity contribution in [1.82, 2.24) is 19.9 Å². The van der Waals surface area contributed by atoms with Gasteiger partial charge >= 0.3 is 0 Å². The zero-order valence-corrected chi connectivity index (χ0v) is 21.7. The average Bonchev–Trinajstić information content (AvgIpc) is 3.80. The highest BCUT2D eigenvalue weighted by atomic mass is 16.6. The highest BCUT2D eigenvalue weighted by Gasteiger charge is 2.19. The molecule has 8 bridgehead atoms. The molecule has 0 atom stereocenters. The van der Waals surface area contributed by atoms with Crippen molar-refractivity contribution in [3.8, 4) is 0 Å². The maximum Gasteiger partial charge on any atom is 0.280 e. The summed E-state index contributed by atoms with van der Waals surface area (Å²) in [5.41, 5.74) is 8.26. The van der Waals surface area contributed by atoms with Crippen molar-refractivity contribution in [3.05, 3.63) is 147 Å². The lowest BCUT2D eigenvalue weighted by atomic mass is 10.0. The van der Waals surface area contributed by atoms with Crippen molar-refractivity contribution in [2.24, 2.45) is 0 Å². The van der Waals surface area contributed by atoms with E-state index in [-0.39, 0.29) is 17.0 Å². The Morgan fingerprint density at radius 1 is 0.585 bits per heavy atom. The molecule has 2 aliphatic heterocycles. The summed E-state index contributed by atoms with van der Waals surface area (Å²) in [6.45, 7) is 0. The molecule has 3 aromatic heterocycles. The number of benzene rings is 2. The van der Waals surface area contributed by atoms with E-state index in [2.05, 4.69) is 50.3 Å². The topological polar surface area (TPSA) is 118 Å². The molecule has 0 saturated heterocycles. The van der Waals surface area contributed by atoms with E-state index in [0.29, 0.717) is 5.56 Å². The van der Waals surface area contributed by atoms with Crippen LogP contribution < -0.4 is 0 Å². The van der Waals surface area contributed by atoms with Crippen molar-refractivity contribution in [2.45, 2.75) is 0 Å². The van der Waals surface area contributed by atoms with Gasteiger partial charge in [-0.2, -0.15) is 0 Å². The largest absolute Gasteiger partial charge is 0.355 e. The van der Waals surface area contributed by atoms with Gasteiger partial charge in [0.2, 0.25) is 0 Å². The molecule has 0 saturated carbocycles. The van der Waals surface area contributed by atoms with E-state index in [1.54, 1.807) is 42.5 Å². The predicted octanol–water partition coefficient (Wildman–Crippen LogP) is 7.48. The summed E-state index contributed by atoms with van der Waals surface area (Å²) in [6, 6.07) is 30.9. The second kappa shape index (κ2) is 11.1. The van der Waals surface area contributed by atoms with Crippen LogP contribution in [0.5, 0.6) is 0 Å². The Bertz CT molecular complexity index is 1910. The number of fused-ring (bicyclic) bond motifs is 8. The molecule has 0 radical (unpaired) electrons. The summed E-state index contributed by atoms with van der Waals surface area (Å²) < 4.78 is 0. The highest BCUT2D eigenvalue weighted by Crippen LogP contribution is 2.21.